The van der Waals surface area contributed by atoms with E-state index in [0.717, 1.165) is 0 Å². The maximum atomic E-state index is 13.4. The van der Waals surface area contributed by atoms with Crippen molar-refractivity contribution in [3.63, 3.8) is 0 Å². The zero-order valence-corrected chi connectivity index (χ0v) is 14.5. The minimum Gasteiger partial charge on any atom is -0.465 e. The van der Waals surface area contributed by atoms with Crippen molar-refractivity contribution in [2.75, 3.05) is 6.61 Å². The Bertz CT molecular complexity index is 822. The number of carbonyl (C=O) groups excluding carboxylic acids is 1. The van der Waals surface area contributed by atoms with E-state index in [4.69, 9.17) is 8.74 Å². The maximum Gasteiger partial charge on any atom is 0.431 e. The highest BCUT2D eigenvalue weighted by atomic mass is 32.2. The molecule has 0 radical (unpaired) electrons. The van der Waals surface area contributed by atoms with Gasteiger partial charge in [-0.1, -0.05) is 0 Å². The van der Waals surface area contributed by atoms with Crippen LogP contribution in [0.15, 0.2) is 0 Å². The first-order chi connectivity index (χ1) is 11.7. The molecule has 0 aromatic heterocycles. The van der Waals surface area contributed by atoms with Crippen molar-refractivity contribution in [1.29, 1.82) is 0 Å². The molecule has 1 saturated heterocycles. The minimum absolute atomic E-state index is 0.289. The molecular weight excluding hydrogens is 412 g/mol. The average molecular weight is 426 g/mol. The molecule has 26 heavy (non-hydrogen) atoms. The fourth-order valence-electron chi connectivity index (χ4n) is 4.02. The Hall–Kier alpha value is -0.990. The number of esters is 1. The fourth-order valence-corrected chi connectivity index (χ4v) is 6.60. The summed E-state index contributed by atoms with van der Waals surface area (Å²) in [5, 5.41) is -6.91. The van der Waals surface area contributed by atoms with Gasteiger partial charge in [0.05, 0.1) is 25.0 Å². The van der Waals surface area contributed by atoms with Crippen molar-refractivity contribution in [3.05, 3.63) is 0 Å². The van der Waals surface area contributed by atoms with Crippen LogP contribution in [0, 0.1) is 17.8 Å². The Labute approximate surface area is 145 Å². The summed E-state index contributed by atoms with van der Waals surface area (Å²) in [6.07, 6.45) is -1.71. The molecular formula is C12H14F4O8S2. The Morgan fingerprint density at radius 2 is 1.85 bits per heavy atom. The molecule has 2 bridgehead atoms. The maximum absolute atomic E-state index is 13.4. The van der Waals surface area contributed by atoms with Gasteiger partial charge < -0.3 is 4.74 Å². The molecule has 3 aliphatic rings. The highest BCUT2D eigenvalue weighted by Gasteiger charge is 2.67. The normalized spacial score (nSPS) is 35.7. The highest BCUT2D eigenvalue weighted by molar-refractivity contribution is 7.87. The third kappa shape index (κ3) is 2.81. The van der Waals surface area contributed by atoms with Crippen LogP contribution in [0.4, 0.5) is 17.6 Å². The summed E-state index contributed by atoms with van der Waals surface area (Å²) in [7, 11) is -10.4. The molecule has 3 rings (SSSR count). The number of hydrogen-bond acceptors (Lipinski definition) is 7. The molecule has 5 atom stereocenters. The molecule has 5 unspecified atom stereocenters. The molecule has 150 valence electrons. The van der Waals surface area contributed by atoms with Crippen LogP contribution in [0.1, 0.15) is 19.3 Å². The summed E-state index contributed by atoms with van der Waals surface area (Å²) < 4.78 is 115. The van der Waals surface area contributed by atoms with Crippen LogP contribution in [-0.2, 0) is 34.0 Å². The lowest BCUT2D eigenvalue weighted by Gasteiger charge is -2.25. The first-order valence-electron chi connectivity index (χ1n) is 7.50. The van der Waals surface area contributed by atoms with E-state index in [-0.39, 0.29) is 12.3 Å². The Morgan fingerprint density at radius 3 is 2.42 bits per heavy atom. The number of fused-ring (bicyclic) bond motifs is 1. The van der Waals surface area contributed by atoms with Crippen LogP contribution >= 0.6 is 0 Å². The number of alkyl halides is 4. The SMILES string of the molecule is O=C(OCCC(F)(F)C(F)(F)S(=O)(=O)O)C1C2CC3OS(=O)(=O)C1C3C2. The van der Waals surface area contributed by atoms with Gasteiger partial charge in [0.2, 0.25) is 0 Å². The average Bonchev–Trinajstić information content (AvgIpc) is 3.05. The van der Waals surface area contributed by atoms with Gasteiger partial charge in [-0.15, -0.1) is 0 Å². The summed E-state index contributed by atoms with van der Waals surface area (Å²) >= 11 is 0. The number of halogens is 4. The highest BCUT2D eigenvalue weighted by Crippen LogP contribution is 2.57. The van der Waals surface area contributed by atoms with E-state index in [0.29, 0.717) is 6.42 Å². The van der Waals surface area contributed by atoms with Crippen molar-refractivity contribution < 1.29 is 52.7 Å². The van der Waals surface area contributed by atoms with E-state index in [1.807, 2.05) is 0 Å². The van der Waals surface area contributed by atoms with E-state index in [2.05, 4.69) is 4.74 Å². The van der Waals surface area contributed by atoms with Crippen molar-refractivity contribution in [3.8, 4) is 0 Å². The molecule has 0 amide bonds. The summed E-state index contributed by atoms with van der Waals surface area (Å²) in [6.45, 7) is -1.28. The lowest BCUT2D eigenvalue weighted by Crippen LogP contribution is -2.47. The Balaban J connectivity index is 1.64. The van der Waals surface area contributed by atoms with Crippen LogP contribution in [0.2, 0.25) is 0 Å². The van der Waals surface area contributed by atoms with E-state index in [9.17, 15) is 39.2 Å². The molecule has 3 fully saturated rings. The van der Waals surface area contributed by atoms with Crippen molar-refractivity contribution in [2.24, 2.45) is 17.8 Å². The van der Waals surface area contributed by atoms with Crippen LogP contribution in [0.25, 0.3) is 0 Å². The van der Waals surface area contributed by atoms with Gasteiger partial charge in [0.1, 0.15) is 5.25 Å². The van der Waals surface area contributed by atoms with Gasteiger partial charge in [0.15, 0.2) is 0 Å². The van der Waals surface area contributed by atoms with Crippen LogP contribution in [-0.4, -0.2) is 56.5 Å². The second-order valence-electron chi connectivity index (χ2n) is 6.63. The zero-order valence-electron chi connectivity index (χ0n) is 12.8. The van der Waals surface area contributed by atoms with Crippen LogP contribution < -0.4 is 0 Å². The van der Waals surface area contributed by atoms with Gasteiger partial charge in [-0.25, -0.2) is 0 Å². The molecule has 1 aliphatic heterocycles. The van der Waals surface area contributed by atoms with E-state index in [1.54, 1.807) is 0 Å². The predicted octanol–water partition coefficient (Wildman–Crippen LogP) is 0.789. The second kappa shape index (κ2) is 5.75. The fraction of sp³-hybridized carbons (Fsp3) is 0.917. The number of rotatable bonds is 6. The monoisotopic (exact) mass is 426 g/mol. The van der Waals surface area contributed by atoms with Crippen molar-refractivity contribution in [1.82, 2.24) is 0 Å². The number of hydrogen-bond donors (Lipinski definition) is 1. The summed E-state index contributed by atoms with van der Waals surface area (Å²) in [4.78, 5) is 12.1. The van der Waals surface area contributed by atoms with Crippen molar-refractivity contribution >= 4 is 26.2 Å². The standard InChI is InChI=1S/C12H14F4O8S2/c13-11(14,12(15,16)26(20,21)22)1-2-23-10(17)8-5-3-6-7(4-5)24-25(18,19)9(6)8/h5-9H,1-4H2,(H,20,21,22). The Kier molecular flexibility index (Phi) is 4.37. The first kappa shape index (κ1) is 19.8. The van der Waals surface area contributed by atoms with Crippen LogP contribution in [0.5, 0.6) is 0 Å². The van der Waals surface area contributed by atoms with Crippen molar-refractivity contribution in [2.45, 2.75) is 41.8 Å². The number of ether oxygens (including phenoxy) is 1. The lowest BCUT2D eigenvalue weighted by atomic mass is 9.87. The van der Waals surface area contributed by atoms with Gasteiger partial charge in [-0.3, -0.25) is 13.5 Å². The molecule has 0 spiro atoms. The summed E-state index contributed by atoms with van der Waals surface area (Å²) in [5.41, 5.74) is 0. The molecule has 14 heteroatoms. The van der Waals surface area contributed by atoms with Gasteiger partial charge in [0.25, 0.3) is 10.1 Å². The molecule has 0 aromatic rings. The first-order valence-corrected chi connectivity index (χ1v) is 10.4. The van der Waals surface area contributed by atoms with Gasteiger partial charge >= 0.3 is 27.3 Å². The largest absolute Gasteiger partial charge is 0.465 e. The zero-order chi connectivity index (χ0) is 19.7. The molecule has 8 nitrogen and oxygen atoms in total. The third-order valence-corrected chi connectivity index (χ3v) is 7.92. The molecule has 2 saturated carbocycles. The van der Waals surface area contributed by atoms with E-state index < -0.39 is 73.6 Å². The predicted molar refractivity (Wildman–Crippen MR) is 74.3 cm³/mol. The molecule has 1 heterocycles. The molecule has 0 aromatic carbocycles. The molecule has 1 N–H and O–H groups in total. The summed E-state index contributed by atoms with van der Waals surface area (Å²) in [6, 6.07) is 0. The Morgan fingerprint density at radius 1 is 1.23 bits per heavy atom. The lowest BCUT2D eigenvalue weighted by molar-refractivity contribution is -0.176. The quantitative estimate of drug-likeness (QED) is 0.286. The van der Waals surface area contributed by atoms with Gasteiger partial charge in [0, 0.05) is 5.92 Å². The third-order valence-electron chi connectivity index (χ3n) is 5.14. The van der Waals surface area contributed by atoms with E-state index in [1.165, 1.54) is 0 Å². The van der Waals surface area contributed by atoms with Gasteiger partial charge in [-0.05, 0) is 18.8 Å². The van der Waals surface area contributed by atoms with Crippen LogP contribution in [0.3, 0.4) is 0 Å². The number of carbonyl (C=O) groups is 1. The molecule has 2 aliphatic carbocycles. The topological polar surface area (TPSA) is 124 Å². The van der Waals surface area contributed by atoms with E-state index >= 15 is 0 Å². The summed E-state index contributed by atoms with van der Waals surface area (Å²) in [5.74, 6) is -8.24. The minimum atomic E-state index is -6.38. The smallest absolute Gasteiger partial charge is 0.431 e. The van der Waals surface area contributed by atoms with Gasteiger partial charge in [-0.2, -0.15) is 34.4 Å². The second-order valence-corrected chi connectivity index (χ2v) is 9.81.